The molecule has 26 heavy (non-hydrogen) atoms. The summed E-state index contributed by atoms with van der Waals surface area (Å²) in [6.07, 6.45) is 0. The lowest BCUT2D eigenvalue weighted by Crippen LogP contribution is -2.20. The molecule has 0 unspecified atom stereocenters. The summed E-state index contributed by atoms with van der Waals surface area (Å²) in [5.74, 6) is 0.316. The molecule has 0 bridgehead atoms. The monoisotopic (exact) mass is 392 g/mol. The molecule has 0 aliphatic carbocycles. The minimum atomic E-state index is -4.58. The minimum Gasteiger partial charge on any atom is -0.746 e. The van der Waals surface area contributed by atoms with E-state index in [0.29, 0.717) is 5.75 Å². The maximum absolute atomic E-state index is 10.6. The van der Waals surface area contributed by atoms with E-state index in [9.17, 15) is 9.50 Å². The SMILES string of the molecule is O=S(=O)([O-])CF.Oc1ccc([PH+](c2ccccc2)c2ccccc2)cc1. The Labute approximate surface area is 153 Å². The van der Waals surface area contributed by atoms with Crippen molar-refractivity contribution in [2.24, 2.45) is 0 Å². The molecule has 0 saturated heterocycles. The molecular formula is C19H18FO4PS. The van der Waals surface area contributed by atoms with E-state index in [4.69, 9.17) is 13.0 Å². The van der Waals surface area contributed by atoms with Gasteiger partial charge in [0.15, 0.2) is 6.01 Å². The molecule has 0 atom stereocenters. The summed E-state index contributed by atoms with van der Waals surface area (Å²) in [4.78, 5) is 0. The topological polar surface area (TPSA) is 77.4 Å². The second-order valence-electron chi connectivity index (χ2n) is 5.32. The van der Waals surface area contributed by atoms with Gasteiger partial charge >= 0.3 is 0 Å². The van der Waals surface area contributed by atoms with Crippen molar-refractivity contribution in [2.75, 3.05) is 6.01 Å². The first-order valence-electron chi connectivity index (χ1n) is 7.67. The smallest absolute Gasteiger partial charge is 0.179 e. The normalized spacial score (nSPS) is 10.9. The summed E-state index contributed by atoms with van der Waals surface area (Å²) in [5.41, 5.74) is 0. The van der Waals surface area contributed by atoms with Crippen LogP contribution in [0.25, 0.3) is 0 Å². The van der Waals surface area contributed by atoms with Crippen molar-refractivity contribution in [3.05, 3.63) is 84.9 Å². The van der Waals surface area contributed by atoms with Gasteiger partial charge < -0.3 is 9.66 Å². The number of alkyl halides is 1. The van der Waals surface area contributed by atoms with E-state index in [2.05, 4.69) is 48.5 Å². The fraction of sp³-hybridized carbons (Fsp3) is 0.0526. The lowest BCUT2D eigenvalue weighted by Gasteiger charge is -2.10. The Morgan fingerprint density at radius 1 is 0.769 bits per heavy atom. The Balaban J connectivity index is 0.000000352. The van der Waals surface area contributed by atoms with Crippen LogP contribution in [0.5, 0.6) is 5.75 Å². The van der Waals surface area contributed by atoms with Gasteiger partial charge in [0.1, 0.15) is 31.8 Å². The van der Waals surface area contributed by atoms with Crippen LogP contribution in [0.2, 0.25) is 0 Å². The molecule has 0 amide bonds. The van der Waals surface area contributed by atoms with Gasteiger partial charge in [0.25, 0.3) is 0 Å². The second kappa shape index (κ2) is 9.43. The number of hydrogen-bond donors (Lipinski definition) is 1. The summed E-state index contributed by atoms with van der Waals surface area (Å²) in [5, 5.41) is 13.5. The van der Waals surface area contributed by atoms with Crippen LogP contribution < -0.4 is 15.9 Å². The van der Waals surface area contributed by atoms with E-state index in [1.54, 1.807) is 12.1 Å². The van der Waals surface area contributed by atoms with Crippen molar-refractivity contribution < 1.29 is 22.5 Å². The molecule has 0 heterocycles. The maximum Gasteiger partial charge on any atom is 0.179 e. The predicted octanol–water partition coefficient (Wildman–Crippen LogP) is 2.34. The van der Waals surface area contributed by atoms with E-state index >= 15 is 0 Å². The zero-order valence-electron chi connectivity index (χ0n) is 13.7. The van der Waals surface area contributed by atoms with Crippen LogP contribution in [-0.2, 0) is 10.1 Å². The molecule has 7 heteroatoms. The van der Waals surface area contributed by atoms with Gasteiger partial charge in [-0.3, -0.25) is 0 Å². The zero-order valence-corrected chi connectivity index (χ0v) is 15.6. The summed E-state index contributed by atoms with van der Waals surface area (Å²) in [6, 6.07) is 27.0. The molecule has 4 nitrogen and oxygen atoms in total. The number of halogens is 1. The van der Waals surface area contributed by atoms with Crippen molar-refractivity contribution in [2.45, 2.75) is 0 Å². The van der Waals surface area contributed by atoms with E-state index in [-0.39, 0.29) is 0 Å². The number of aromatic hydroxyl groups is 1. The van der Waals surface area contributed by atoms with Crippen LogP contribution in [0.1, 0.15) is 0 Å². The Kier molecular flexibility index (Phi) is 7.27. The standard InChI is InChI=1S/C18H15OP.CH3FO3S/c19-15-11-13-18(14-12-15)20(16-7-3-1-4-8-16)17-9-5-2-6-10-17;2-1-6(3,4)5/h1-14,19H;1H2,(H,3,4,5). The Morgan fingerprint density at radius 3 is 1.46 bits per heavy atom. The maximum atomic E-state index is 10.6. The van der Waals surface area contributed by atoms with Crippen LogP contribution in [-0.4, -0.2) is 24.1 Å². The first kappa shape index (κ1) is 20.0. The van der Waals surface area contributed by atoms with Gasteiger partial charge in [0.05, 0.1) is 7.92 Å². The number of rotatable bonds is 4. The molecule has 0 radical (unpaired) electrons. The van der Waals surface area contributed by atoms with Crippen molar-refractivity contribution in [3.63, 3.8) is 0 Å². The van der Waals surface area contributed by atoms with Crippen molar-refractivity contribution >= 4 is 34.0 Å². The lowest BCUT2D eigenvalue weighted by atomic mass is 10.3. The molecule has 0 aliphatic heterocycles. The predicted molar refractivity (Wildman–Crippen MR) is 104 cm³/mol. The first-order chi connectivity index (χ1) is 12.4. The first-order valence-corrected chi connectivity index (χ1v) is 10.7. The highest BCUT2D eigenvalue weighted by Gasteiger charge is 2.24. The van der Waals surface area contributed by atoms with E-state index in [0.717, 1.165) is 0 Å². The highest BCUT2D eigenvalue weighted by Crippen LogP contribution is 2.32. The fourth-order valence-electron chi connectivity index (χ4n) is 2.34. The molecular weight excluding hydrogens is 374 g/mol. The van der Waals surface area contributed by atoms with Gasteiger partial charge in [-0.15, -0.1) is 0 Å². The van der Waals surface area contributed by atoms with Crippen LogP contribution in [0, 0.1) is 0 Å². The molecule has 0 spiro atoms. The number of hydrogen-bond acceptors (Lipinski definition) is 4. The van der Waals surface area contributed by atoms with Crippen molar-refractivity contribution in [1.82, 2.24) is 0 Å². The zero-order chi connectivity index (χ0) is 19.0. The van der Waals surface area contributed by atoms with Crippen molar-refractivity contribution in [3.8, 4) is 5.75 Å². The third kappa shape index (κ3) is 6.23. The van der Waals surface area contributed by atoms with Gasteiger partial charge in [-0.2, -0.15) is 0 Å². The molecule has 136 valence electrons. The summed E-state index contributed by atoms with van der Waals surface area (Å²) >= 11 is 0. The van der Waals surface area contributed by atoms with E-state index < -0.39 is 24.0 Å². The minimum absolute atomic E-state index is 0.316. The third-order valence-corrected chi connectivity index (χ3v) is 6.41. The van der Waals surface area contributed by atoms with E-state index in [1.165, 1.54) is 15.9 Å². The average molecular weight is 392 g/mol. The molecule has 3 aromatic rings. The number of benzene rings is 3. The lowest BCUT2D eigenvalue weighted by molar-refractivity contribution is 0.431. The van der Waals surface area contributed by atoms with Gasteiger partial charge in [0.2, 0.25) is 0 Å². The highest BCUT2D eigenvalue weighted by atomic mass is 32.2. The molecule has 0 fully saturated rings. The third-order valence-electron chi connectivity index (χ3n) is 3.41. The van der Waals surface area contributed by atoms with Crippen LogP contribution in [0.3, 0.4) is 0 Å². The van der Waals surface area contributed by atoms with Gasteiger partial charge in [-0.25, -0.2) is 12.8 Å². The Morgan fingerprint density at radius 2 is 1.12 bits per heavy atom. The summed E-state index contributed by atoms with van der Waals surface area (Å²) in [6.45, 7) is 0. The van der Waals surface area contributed by atoms with Crippen molar-refractivity contribution in [1.29, 1.82) is 0 Å². The average Bonchev–Trinajstić information content (AvgIpc) is 2.65. The Hall–Kier alpha value is -2.27. The molecule has 0 aromatic heterocycles. The fourth-order valence-corrected chi connectivity index (χ4v) is 4.89. The molecule has 0 saturated carbocycles. The summed E-state index contributed by atoms with van der Waals surface area (Å²) < 4.78 is 37.8. The molecule has 0 aliphatic rings. The molecule has 1 N–H and O–H groups in total. The molecule has 3 rings (SSSR count). The quantitative estimate of drug-likeness (QED) is 0.546. The van der Waals surface area contributed by atoms with Crippen LogP contribution in [0.15, 0.2) is 84.9 Å². The highest BCUT2D eigenvalue weighted by molar-refractivity contribution is 7.85. The van der Waals surface area contributed by atoms with Gasteiger partial charge in [-0.05, 0) is 48.5 Å². The number of phenolic OH excluding ortho intramolecular Hbond substituents is 1. The Bertz CT molecular complexity index is 862. The van der Waals surface area contributed by atoms with Gasteiger partial charge in [0, 0.05) is 0 Å². The van der Waals surface area contributed by atoms with E-state index in [1.807, 2.05) is 24.3 Å². The number of phenols is 1. The summed E-state index contributed by atoms with van der Waals surface area (Å²) in [7, 11) is -5.58. The molecule has 3 aromatic carbocycles. The van der Waals surface area contributed by atoms with Gasteiger partial charge in [-0.1, -0.05) is 36.4 Å². The second-order valence-corrected chi connectivity index (χ2v) is 9.14. The van der Waals surface area contributed by atoms with Crippen LogP contribution in [0.4, 0.5) is 4.39 Å². The van der Waals surface area contributed by atoms with Crippen LogP contribution >= 0.6 is 7.92 Å². The largest absolute Gasteiger partial charge is 0.746 e.